The summed E-state index contributed by atoms with van der Waals surface area (Å²) in [5, 5.41) is 4.08. The van der Waals surface area contributed by atoms with E-state index >= 15 is 0 Å². The molecule has 5 heteroatoms. The fourth-order valence-corrected chi connectivity index (χ4v) is 3.64. The monoisotopic (exact) mass is 386 g/mol. The first kappa shape index (κ1) is 19.7. The molecule has 27 heavy (non-hydrogen) atoms. The van der Waals surface area contributed by atoms with Gasteiger partial charge in [-0.25, -0.2) is 0 Å². The van der Waals surface area contributed by atoms with Gasteiger partial charge in [0.2, 0.25) is 0 Å². The van der Waals surface area contributed by atoms with E-state index in [-0.39, 0.29) is 5.91 Å². The summed E-state index contributed by atoms with van der Waals surface area (Å²) in [6, 6.07) is 15.7. The molecule has 2 aromatic rings. The van der Waals surface area contributed by atoms with E-state index in [4.69, 9.17) is 16.3 Å². The lowest BCUT2D eigenvalue weighted by Crippen LogP contribution is -2.45. The second-order valence-corrected chi connectivity index (χ2v) is 7.59. The summed E-state index contributed by atoms with van der Waals surface area (Å²) < 4.78 is 5.87. The summed E-state index contributed by atoms with van der Waals surface area (Å²) in [5.41, 5.74) is 2.36. The molecule has 1 unspecified atom stereocenters. The van der Waals surface area contributed by atoms with Crippen LogP contribution in [0, 0.1) is 6.92 Å². The molecule has 1 N–H and O–H groups in total. The van der Waals surface area contributed by atoms with Crippen molar-refractivity contribution >= 4 is 17.5 Å². The fraction of sp³-hybridized carbons (Fsp3) is 0.409. The standard InChI is InChI=1S/C22H27ClN2O2/c1-16-7-3-4-8-18(16)14-25(15-20-10-6-12-24-20)22(26)17(2)27-21-11-5-9-19(23)13-21/h3-5,7-9,11,13,17,20,24H,6,10,12,14-15H2,1-2H3/t17?,20-/m1/s1. The van der Waals surface area contributed by atoms with Gasteiger partial charge in [-0.15, -0.1) is 0 Å². The Bertz CT molecular complexity index is 774. The third-order valence-electron chi connectivity index (χ3n) is 4.99. The number of benzene rings is 2. The normalized spacial score (nSPS) is 17.5. The molecule has 1 aliphatic heterocycles. The molecule has 1 heterocycles. The van der Waals surface area contributed by atoms with Crippen molar-refractivity contribution < 1.29 is 9.53 Å². The molecule has 0 aromatic heterocycles. The van der Waals surface area contributed by atoms with Crippen molar-refractivity contribution in [3.63, 3.8) is 0 Å². The van der Waals surface area contributed by atoms with Crippen molar-refractivity contribution in [2.24, 2.45) is 0 Å². The minimum absolute atomic E-state index is 0.00747. The summed E-state index contributed by atoms with van der Waals surface area (Å²) >= 11 is 6.02. The maximum absolute atomic E-state index is 13.2. The van der Waals surface area contributed by atoms with Gasteiger partial charge in [0.15, 0.2) is 6.10 Å². The number of carbonyl (C=O) groups is 1. The van der Waals surface area contributed by atoms with Gasteiger partial charge < -0.3 is 15.0 Å². The second-order valence-electron chi connectivity index (χ2n) is 7.16. The molecular weight excluding hydrogens is 360 g/mol. The van der Waals surface area contributed by atoms with Crippen molar-refractivity contribution in [1.29, 1.82) is 0 Å². The highest BCUT2D eigenvalue weighted by atomic mass is 35.5. The maximum Gasteiger partial charge on any atom is 0.263 e. The van der Waals surface area contributed by atoms with Crippen molar-refractivity contribution in [3.05, 3.63) is 64.7 Å². The molecule has 1 aliphatic rings. The van der Waals surface area contributed by atoms with Crippen LogP contribution in [0.1, 0.15) is 30.9 Å². The van der Waals surface area contributed by atoms with Gasteiger partial charge >= 0.3 is 0 Å². The van der Waals surface area contributed by atoms with E-state index in [1.165, 1.54) is 11.1 Å². The summed E-state index contributed by atoms with van der Waals surface area (Å²) in [6.07, 6.45) is 1.68. The molecule has 4 nitrogen and oxygen atoms in total. The molecule has 0 bridgehead atoms. The lowest BCUT2D eigenvalue weighted by atomic mass is 10.1. The number of halogens is 1. The summed E-state index contributed by atoms with van der Waals surface area (Å²) in [6.45, 7) is 6.18. The van der Waals surface area contributed by atoms with Crippen LogP contribution >= 0.6 is 11.6 Å². The minimum Gasteiger partial charge on any atom is -0.481 e. The number of ether oxygens (including phenoxy) is 1. The van der Waals surface area contributed by atoms with E-state index in [0.717, 1.165) is 19.4 Å². The Hall–Kier alpha value is -2.04. The Morgan fingerprint density at radius 1 is 1.30 bits per heavy atom. The van der Waals surface area contributed by atoms with Gasteiger partial charge in [-0.1, -0.05) is 41.9 Å². The molecular formula is C22H27ClN2O2. The van der Waals surface area contributed by atoms with Crippen LogP contribution in [0.2, 0.25) is 5.02 Å². The summed E-state index contributed by atoms with van der Waals surface area (Å²) in [5.74, 6) is 0.602. The zero-order valence-electron chi connectivity index (χ0n) is 16.0. The van der Waals surface area contributed by atoms with Crippen LogP contribution in [0.5, 0.6) is 5.75 Å². The van der Waals surface area contributed by atoms with Crippen LogP contribution in [0.4, 0.5) is 0 Å². The topological polar surface area (TPSA) is 41.6 Å². The summed E-state index contributed by atoms with van der Waals surface area (Å²) in [7, 11) is 0. The molecule has 1 amide bonds. The average molecular weight is 387 g/mol. The van der Waals surface area contributed by atoms with E-state index in [0.29, 0.717) is 29.9 Å². The smallest absolute Gasteiger partial charge is 0.263 e. The fourth-order valence-electron chi connectivity index (χ4n) is 3.46. The molecule has 2 atom stereocenters. The largest absolute Gasteiger partial charge is 0.481 e. The lowest BCUT2D eigenvalue weighted by Gasteiger charge is -2.29. The number of aryl methyl sites for hydroxylation is 1. The van der Waals surface area contributed by atoms with Gasteiger partial charge in [0.25, 0.3) is 5.91 Å². The van der Waals surface area contributed by atoms with Gasteiger partial charge in [-0.05, 0) is 62.6 Å². The summed E-state index contributed by atoms with van der Waals surface area (Å²) in [4.78, 5) is 15.1. The van der Waals surface area contributed by atoms with E-state index in [9.17, 15) is 4.79 Å². The Labute approximate surface area is 166 Å². The first-order chi connectivity index (χ1) is 13.0. The Kier molecular flexibility index (Phi) is 6.75. The molecule has 0 radical (unpaired) electrons. The van der Waals surface area contributed by atoms with Gasteiger partial charge in [0.05, 0.1) is 0 Å². The van der Waals surface area contributed by atoms with Gasteiger partial charge in [0.1, 0.15) is 5.75 Å². The SMILES string of the molecule is Cc1ccccc1CN(C[C@H]1CCCN1)C(=O)C(C)Oc1cccc(Cl)c1. The lowest BCUT2D eigenvalue weighted by molar-refractivity contribution is -0.139. The molecule has 3 rings (SSSR count). The third-order valence-corrected chi connectivity index (χ3v) is 5.23. The number of amides is 1. The highest BCUT2D eigenvalue weighted by molar-refractivity contribution is 6.30. The number of nitrogens with zero attached hydrogens (tertiary/aromatic N) is 1. The number of carbonyl (C=O) groups excluding carboxylic acids is 1. The highest BCUT2D eigenvalue weighted by Gasteiger charge is 2.26. The van der Waals surface area contributed by atoms with Crippen LogP contribution in [0.3, 0.4) is 0 Å². The van der Waals surface area contributed by atoms with Gasteiger partial charge in [-0.3, -0.25) is 4.79 Å². The highest BCUT2D eigenvalue weighted by Crippen LogP contribution is 2.20. The van der Waals surface area contributed by atoms with Crippen LogP contribution in [0.25, 0.3) is 0 Å². The zero-order chi connectivity index (χ0) is 19.2. The Morgan fingerprint density at radius 2 is 2.11 bits per heavy atom. The number of nitrogens with one attached hydrogen (secondary N) is 1. The van der Waals surface area contributed by atoms with E-state index in [1.54, 1.807) is 19.1 Å². The third kappa shape index (κ3) is 5.47. The van der Waals surface area contributed by atoms with Crippen molar-refractivity contribution in [3.8, 4) is 5.75 Å². The Morgan fingerprint density at radius 3 is 2.81 bits per heavy atom. The Balaban J connectivity index is 1.73. The maximum atomic E-state index is 13.2. The molecule has 1 saturated heterocycles. The molecule has 144 valence electrons. The van der Waals surface area contributed by atoms with E-state index in [1.807, 2.05) is 29.2 Å². The van der Waals surface area contributed by atoms with Gasteiger partial charge in [0, 0.05) is 24.2 Å². The number of rotatable bonds is 7. The first-order valence-corrected chi connectivity index (χ1v) is 9.89. The van der Waals surface area contributed by atoms with Crippen LogP contribution < -0.4 is 10.1 Å². The number of hydrogen-bond donors (Lipinski definition) is 1. The quantitative estimate of drug-likeness (QED) is 0.775. The molecule has 0 spiro atoms. The molecule has 0 aliphatic carbocycles. The number of hydrogen-bond acceptors (Lipinski definition) is 3. The molecule has 1 fully saturated rings. The van der Waals surface area contributed by atoms with Crippen LogP contribution in [0.15, 0.2) is 48.5 Å². The van der Waals surface area contributed by atoms with Crippen molar-refractivity contribution in [2.75, 3.05) is 13.1 Å². The van der Waals surface area contributed by atoms with E-state index in [2.05, 4.69) is 24.4 Å². The van der Waals surface area contributed by atoms with Crippen molar-refractivity contribution in [2.45, 2.75) is 45.4 Å². The predicted molar refractivity (Wildman–Crippen MR) is 109 cm³/mol. The van der Waals surface area contributed by atoms with Crippen molar-refractivity contribution in [1.82, 2.24) is 10.2 Å². The van der Waals surface area contributed by atoms with E-state index < -0.39 is 6.10 Å². The molecule has 2 aromatic carbocycles. The first-order valence-electron chi connectivity index (χ1n) is 9.52. The second kappa shape index (κ2) is 9.25. The molecule has 0 saturated carbocycles. The van der Waals surface area contributed by atoms with Crippen LogP contribution in [-0.4, -0.2) is 36.0 Å². The predicted octanol–water partition coefficient (Wildman–Crippen LogP) is 4.20. The van der Waals surface area contributed by atoms with Crippen LogP contribution in [-0.2, 0) is 11.3 Å². The van der Waals surface area contributed by atoms with Gasteiger partial charge in [-0.2, -0.15) is 0 Å². The minimum atomic E-state index is -0.575. The zero-order valence-corrected chi connectivity index (χ0v) is 16.7. The average Bonchev–Trinajstić information content (AvgIpc) is 3.15.